The number of sulfonamides is 1. The van der Waals surface area contributed by atoms with Crippen LogP contribution in [-0.4, -0.2) is 50.5 Å². The summed E-state index contributed by atoms with van der Waals surface area (Å²) in [5.41, 5.74) is 1.06. The Hall–Kier alpha value is -3.22. The standard InChI is InChI=1S/C23H26N4O6S2.CH4/c1-32-19-10-9-18(14-20(19)33-2)35(30,31)25-23-24-22(16-7-6-8-17(13-16)27(28)29)21(34-23)15-26-11-4-3-5-12-26;/h6-10,13-14H,3-5,11-12,15H2,1-2H3,(H,24,25);1H4. The maximum Gasteiger partial charge on any atom is 0.270 e. The number of piperidine rings is 1. The minimum atomic E-state index is -3.97. The summed E-state index contributed by atoms with van der Waals surface area (Å²) in [6.07, 6.45) is 3.39. The highest BCUT2D eigenvalue weighted by Crippen LogP contribution is 2.36. The molecule has 0 unspecified atom stereocenters. The summed E-state index contributed by atoms with van der Waals surface area (Å²) >= 11 is 1.23. The molecule has 4 rings (SSSR count). The molecule has 1 fully saturated rings. The summed E-state index contributed by atoms with van der Waals surface area (Å²) in [6, 6.07) is 10.5. The molecule has 0 aliphatic carbocycles. The van der Waals surface area contributed by atoms with Crippen molar-refractivity contribution in [3.05, 3.63) is 57.5 Å². The van der Waals surface area contributed by atoms with Crippen LogP contribution in [0.2, 0.25) is 0 Å². The molecule has 2 aromatic carbocycles. The average molecular weight is 535 g/mol. The molecule has 1 aliphatic heterocycles. The van der Waals surface area contributed by atoms with Crippen LogP contribution in [0, 0.1) is 10.1 Å². The van der Waals surface area contributed by atoms with E-state index in [4.69, 9.17) is 9.47 Å². The van der Waals surface area contributed by atoms with Crippen molar-refractivity contribution in [3.8, 4) is 22.8 Å². The molecule has 36 heavy (non-hydrogen) atoms. The van der Waals surface area contributed by atoms with Gasteiger partial charge in [-0.2, -0.15) is 0 Å². The number of nitro benzene ring substituents is 1. The van der Waals surface area contributed by atoms with E-state index in [0.717, 1.165) is 30.8 Å². The molecule has 3 aromatic rings. The number of aromatic nitrogens is 1. The van der Waals surface area contributed by atoms with E-state index >= 15 is 0 Å². The highest BCUT2D eigenvalue weighted by atomic mass is 32.2. The van der Waals surface area contributed by atoms with Gasteiger partial charge in [-0.1, -0.05) is 37.3 Å². The Morgan fingerprint density at radius 3 is 2.47 bits per heavy atom. The zero-order valence-corrected chi connectivity index (χ0v) is 21.0. The molecule has 1 aromatic heterocycles. The van der Waals surface area contributed by atoms with Crippen LogP contribution in [0.15, 0.2) is 47.4 Å². The lowest BCUT2D eigenvalue weighted by Crippen LogP contribution is -2.28. The number of non-ortho nitro benzene ring substituents is 1. The molecule has 0 atom stereocenters. The second-order valence-electron chi connectivity index (χ2n) is 8.06. The van der Waals surface area contributed by atoms with Gasteiger partial charge in [0, 0.05) is 35.2 Å². The SMILES string of the molecule is C.COc1ccc(S(=O)(=O)Nc2nc(-c3cccc([N+](=O)[O-])c3)c(CN3CCCCC3)s2)cc1OC. The van der Waals surface area contributed by atoms with Crippen LogP contribution >= 0.6 is 11.3 Å². The van der Waals surface area contributed by atoms with Gasteiger partial charge in [0.15, 0.2) is 16.6 Å². The van der Waals surface area contributed by atoms with E-state index in [1.54, 1.807) is 12.1 Å². The van der Waals surface area contributed by atoms with Gasteiger partial charge in [0.05, 0.1) is 29.7 Å². The van der Waals surface area contributed by atoms with Crippen molar-refractivity contribution in [2.24, 2.45) is 0 Å². The molecule has 1 N–H and O–H groups in total. The van der Waals surface area contributed by atoms with Gasteiger partial charge in [-0.05, 0) is 38.1 Å². The molecule has 0 radical (unpaired) electrons. The van der Waals surface area contributed by atoms with Crippen molar-refractivity contribution in [1.82, 2.24) is 9.88 Å². The summed E-state index contributed by atoms with van der Waals surface area (Å²) in [6.45, 7) is 2.48. The number of nitrogens with zero attached hydrogens (tertiary/aromatic N) is 3. The first-order valence-electron chi connectivity index (χ1n) is 11.0. The number of nitrogens with one attached hydrogen (secondary N) is 1. The lowest BCUT2D eigenvalue weighted by molar-refractivity contribution is -0.384. The predicted octanol–water partition coefficient (Wildman–Crippen LogP) is 5.16. The second kappa shape index (κ2) is 11.7. The number of likely N-dealkylation sites (tertiary alicyclic amines) is 1. The Morgan fingerprint density at radius 1 is 1.08 bits per heavy atom. The number of benzene rings is 2. The van der Waals surface area contributed by atoms with E-state index in [2.05, 4.69) is 14.6 Å². The average Bonchev–Trinajstić information content (AvgIpc) is 3.25. The smallest absolute Gasteiger partial charge is 0.270 e. The fraction of sp³-hybridized carbons (Fsp3) is 0.375. The van der Waals surface area contributed by atoms with Crippen molar-refractivity contribution in [2.45, 2.75) is 38.1 Å². The van der Waals surface area contributed by atoms with Crippen LogP contribution in [-0.2, 0) is 16.6 Å². The number of anilines is 1. The van der Waals surface area contributed by atoms with E-state index in [9.17, 15) is 18.5 Å². The molecule has 0 spiro atoms. The third kappa shape index (κ3) is 6.12. The van der Waals surface area contributed by atoms with Gasteiger partial charge in [-0.15, -0.1) is 0 Å². The van der Waals surface area contributed by atoms with Crippen molar-refractivity contribution < 1.29 is 22.8 Å². The number of nitro groups is 1. The fourth-order valence-corrected chi connectivity index (χ4v) is 6.25. The second-order valence-corrected chi connectivity index (χ2v) is 10.8. The molecule has 12 heteroatoms. The molecular weight excluding hydrogens is 504 g/mol. The summed E-state index contributed by atoms with van der Waals surface area (Å²) < 4.78 is 39.2. The van der Waals surface area contributed by atoms with Crippen LogP contribution in [0.25, 0.3) is 11.3 Å². The molecule has 1 saturated heterocycles. The Kier molecular flexibility index (Phi) is 8.88. The molecule has 0 saturated carbocycles. The first-order valence-corrected chi connectivity index (χ1v) is 13.3. The van der Waals surface area contributed by atoms with Gasteiger partial charge in [0.2, 0.25) is 0 Å². The molecule has 2 heterocycles. The molecular formula is C24H30N4O6S2. The topological polar surface area (TPSA) is 124 Å². The van der Waals surface area contributed by atoms with Crippen LogP contribution in [0.5, 0.6) is 11.5 Å². The van der Waals surface area contributed by atoms with Crippen LogP contribution in [0.3, 0.4) is 0 Å². The zero-order valence-electron chi connectivity index (χ0n) is 19.4. The molecule has 0 bridgehead atoms. The van der Waals surface area contributed by atoms with E-state index in [-0.39, 0.29) is 28.9 Å². The molecule has 10 nitrogen and oxygen atoms in total. The third-order valence-corrected chi connectivity index (χ3v) is 8.15. The van der Waals surface area contributed by atoms with E-state index in [1.165, 1.54) is 62.3 Å². The maximum atomic E-state index is 13.1. The first kappa shape index (κ1) is 27.4. The van der Waals surface area contributed by atoms with E-state index in [0.29, 0.717) is 23.6 Å². The van der Waals surface area contributed by atoms with Gasteiger partial charge in [-0.25, -0.2) is 13.4 Å². The van der Waals surface area contributed by atoms with Crippen LogP contribution in [0.1, 0.15) is 31.6 Å². The fourth-order valence-electron chi connectivity index (χ4n) is 3.97. The summed E-state index contributed by atoms with van der Waals surface area (Å²) in [4.78, 5) is 18.5. The van der Waals surface area contributed by atoms with Gasteiger partial charge in [0.25, 0.3) is 15.7 Å². The highest BCUT2D eigenvalue weighted by molar-refractivity contribution is 7.93. The van der Waals surface area contributed by atoms with E-state index < -0.39 is 14.9 Å². The molecule has 0 amide bonds. The molecule has 194 valence electrons. The Balaban J connectivity index is 0.00000361. The number of methoxy groups -OCH3 is 2. The predicted molar refractivity (Wildman–Crippen MR) is 140 cm³/mol. The summed E-state index contributed by atoms with van der Waals surface area (Å²) in [5, 5.41) is 11.5. The van der Waals surface area contributed by atoms with Gasteiger partial charge >= 0.3 is 0 Å². The Labute approximate surface area is 215 Å². The first-order chi connectivity index (χ1) is 16.8. The van der Waals surface area contributed by atoms with Crippen molar-refractivity contribution in [3.63, 3.8) is 0 Å². The minimum Gasteiger partial charge on any atom is -0.493 e. The van der Waals surface area contributed by atoms with Crippen molar-refractivity contribution >= 4 is 32.2 Å². The summed E-state index contributed by atoms with van der Waals surface area (Å²) in [5.74, 6) is 0.704. The Morgan fingerprint density at radius 2 is 1.81 bits per heavy atom. The van der Waals surface area contributed by atoms with Gasteiger partial charge in [-0.3, -0.25) is 19.7 Å². The number of rotatable bonds is 9. The quantitative estimate of drug-likeness (QED) is 0.295. The number of ether oxygens (including phenoxy) is 2. The van der Waals surface area contributed by atoms with Crippen molar-refractivity contribution in [1.29, 1.82) is 0 Å². The summed E-state index contributed by atoms with van der Waals surface area (Å²) in [7, 11) is -1.07. The molecule has 1 aliphatic rings. The number of thiazole rings is 1. The van der Waals surface area contributed by atoms with Crippen LogP contribution in [0.4, 0.5) is 10.8 Å². The van der Waals surface area contributed by atoms with Gasteiger partial charge in [0.1, 0.15) is 0 Å². The largest absolute Gasteiger partial charge is 0.493 e. The normalized spacial score (nSPS) is 14.1. The number of hydrogen-bond acceptors (Lipinski definition) is 9. The maximum absolute atomic E-state index is 13.1. The third-order valence-electron chi connectivity index (χ3n) is 5.73. The van der Waals surface area contributed by atoms with Crippen LogP contribution < -0.4 is 14.2 Å². The number of hydrogen-bond donors (Lipinski definition) is 1. The highest BCUT2D eigenvalue weighted by Gasteiger charge is 2.23. The van der Waals surface area contributed by atoms with E-state index in [1.807, 2.05) is 0 Å². The monoisotopic (exact) mass is 534 g/mol. The van der Waals surface area contributed by atoms with Crippen molar-refractivity contribution in [2.75, 3.05) is 32.0 Å². The lowest BCUT2D eigenvalue weighted by atomic mass is 10.1. The minimum absolute atomic E-state index is 0. The zero-order chi connectivity index (χ0) is 25.0. The Bertz CT molecular complexity index is 1320. The lowest BCUT2D eigenvalue weighted by Gasteiger charge is -2.26. The van der Waals surface area contributed by atoms with Gasteiger partial charge < -0.3 is 9.47 Å².